The normalized spacial score (nSPS) is 15.6. The molecule has 0 amide bonds. The molecule has 1 aliphatic rings. The van der Waals surface area contributed by atoms with Gasteiger partial charge in [0.25, 0.3) is 0 Å². The van der Waals surface area contributed by atoms with Crippen molar-refractivity contribution in [3.8, 4) is 0 Å². The van der Waals surface area contributed by atoms with Gasteiger partial charge in [-0.25, -0.2) is 9.97 Å². The number of piperazine rings is 1. The fourth-order valence-corrected chi connectivity index (χ4v) is 2.80. The van der Waals surface area contributed by atoms with Crippen molar-refractivity contribution in [1.29, 1.82) is 0 Å². The summed E-state index contributed by atoms with van der Waals surface area (Å²) in [5.41, 5.74) is 8.81. The van der Waals surface area contributed by atoms with Gasteiger partial charge in [-0.1, -0.05) is 0 Å². The minimum Gasteiger partial charge on any atom is -0.394 e. The maximum absolute atomic E-state index is 6.14. The van der Waals surface area contributed by atoms with Crippen molar-refractivity contribution < 1.29 is 0 Å². The minimum atomic E-state index is 0.781. The summed E-state index contributed by atoms with van der Waals surface area (Å²) in [5.74, 6) is 2.02. The Labute approximate surface area is 124 Å². The molecule has 3 rings (SSSR count). The molecule has 1 fully saturated rings. The van der Waals surface area contributed by atoms with Gasteiger partial charge in [0.1, 0.15) is 12.1 Å². The van der Waals surface area contributed by atoms with Gasteiger partial charge in [0.15, 0.2) is 5.82 Å². The summed E-state index contributed by atoms with van der Waals surface area (Å²) in [6.45, 7) is 7.58. The standard InChI is InChI=1S/C14H21N7/c1-10-8-12(17-9-16-10)20-4-6-21(7-5-20)14-13(15)11(2)18-19(14)3/h8-9H,4-7,15H2,1-3H3. The molecular formula is C14H21N7. The van der Waals surface area contributed by atoms with Crippen LogP contribution in [-0.4, -0.2) is 45.9 Å². The summed E-state index contributed by atoms with van der Waals surface area (Å²) in [6.07, 6.45) is 1.62. The van der Waals surface area contributed by atoms with Gasteiger partial charge in [0, 0.05) is 45.0 Å². The highest BCUT2D eigenvalue weighted by Crippen LogP contribution is 2.27. The second-order valence-corrected chi connectivity index (χ2v) is 5.44. The third-order valence-corrected chi connectivity index (χ3v) is 3.93. The van der Waals surface area contributed by atoms with E-state index in [0.29, 0.717) is 0 Å². The van der Waals surface area contributed by atoms with Crippen molar-refractivity contribution in [3.63, 3.8) is 0 Å². The zero-order valence-corrected chi connectivity index (χ0v) is 12.7. The Morgan fingerprint density at radius 3 is 2.29 bits per heavy atom. The Morgan fingerprint density at radius 1 is 1.05 bits per heavy atom. The van der Waals surface area contributed by atoms with Crippen LogP contribution in [0.3, 0.4) is 0 Å². The van der Waals surface area contributed by atoms with Gasteiger partial charge in [-0.05, 0) is 13.8 Å². The van der Waals surface area contributed by atoms with Crippen molar-refractivity contribution in [2.75, 3.05) is 41.7 Å². The van der Waals surface area contributed by atoms with E-state index in [-0.39, 0.29) is 0 Å². The topological polar surface area (TPSA) is 76.1 Å². The fourth-order valence-electron chi connectivity index (χ4n) is 2.80. The van der Waals surface area contributed by atoms with E-state index in [0.717, 1.165) is 54.9 Å². The van der Waals surface area contributed by atoms with Crippen LogP contribution in [0.1, 0.15) is 11.4 Å². The molecule has 0 spiro atoms. The van der Waals surface area contributed by atoms with Crippen LogP contribution in [0, 0.1) is 13.8 Å². The van der Waals surface area contributed by atoms with Gasteiger partial charge in [-0.3, -0.25) is 4.68 Å². The maximum Gasteiger partial charge on any atom is 0.150 e. The molecule has 0 saturated carbocycles. The minimum absolute atomic E-state index is 0.781. The molecule has 0 bridgehead atoms. The van der Waals surface area contributed by atoms with Gasteiger partial charge >= 0.3 is 0 Å². The SMILES string of the molecule is Cc1cc(N2CCN(c3c(N)c(C)nn3C)CC2)ncn1. The summed E-state index contributed by atoms with van der Waals surface area (Å²) in [7, 11) is 1.94. The van der Waals surface area contributed by atoms with Crippen LogP contribution >= 0.6 is 0 Å². The van der Waals surface area contributed by atoms with E-state index in [4.69, 9.17) is 5.73 Å². The van der Waals surface area contributed by atoms with E-state index < -0.39 is 0 Å². The number of aryl methyl sites for hydroxylation is 3. The van der Waals surface area contributed by atoms with Crippen LogP contribution in [-0.2, 0) is 7.05 Å². The number of nitrogens with zero attached hydrogens (tertiary/aromatic N) is 6. The first-order valence-electron chi connectivity index (χ1n) is 7.14. The summed E-state index contributed by atoms with van der Waals surface area (Å²) < 4.78 is 1.87. The average molecular weight is 287 g/mol. The quantitative estimate of drug-likeness (QED) is 0.878. The van der Waals surface area contributed by atoms with E-state index in [1.54, 1.807) is 6.33 Å². The van der Waals surface area contributed by atoms with Crippen molar-refractivity contribution in [3.05, 3.63) is 23.8 Å². The third-order valence-electron chi connectivity index (χ3n) is 3.93. The molecule has 0 unspecified atom stereocenters. The highest BCUT2D eigenvalue weighted by atomic mass is 15.4. The lowest BCUT2D eigenvalue weighted by Gasteiger charge is -2.36. The van der Waals surface area contributed by atoms with E-state index in [2.05, 4.69) is 24.9 Å². The van der Waals surface area contributed by atoms with E-state index in [1.807, 2.05) is 31.6 Å². The van der Waals surface area contributed by atoms with Crippen LogP contribution in [0.5, 0.6) is 0 Å². The van der Waals surface area contributed by atoms with Gasteiger partial charge < -0.3 is 15.5 Å². The van der Waals surface area contributed by atoms with Crippen molar-refractivity contribution in [1.82, 2.24) is 19.7 Å². The second kappa shape index (κ2) is 5.23. The first kappa shape index (κ1) is 13.7. The molecule has 2 aromatic rings. The summed E-state index contributed by atoms with van der Waals surface area (Å²) in [6, 6.07) is 2.03. The highest BCUT2D eigenvalue weighted by Gasteiger charge is 2.23. The van der Waals surface area contributed by atoms with Crippen LogP contribution in [0.4, 0.5) is 17.3 Å². The molecule has 3 heterocycles. The Morgan fingerprint density at radius 2 is 1.71 bits per heavy atom. The summed E-state index contributed by atoms with van der Waals surface area (Å²) in [5, 5.41) is 4.39. The molecule has 0 radical (unpaired) electrons. The predicted octanol–water partition coefficient (Wildman–Crippen LogP) is 0.736. The predicted molar refractivity (Wildman–Crippen MR) is 83.6 cm³/mol. The van der Waals surface area contributed by atoms with Gasteiger partial charge in [-0.2, -0.15) is 5.10 Å². The number of nitrogens with two attached hydrogens (primary N) is 1. The Balaban J connectivity index is 1.73. The zero-order chi connectivity index (χ0) is 15.0. The molecule has 1 aliphatic heterocycles. The third kappa shape index (κ3) is 2.51. The lowest BCUT2D eigenvalue weighted by atomic mass is 10.2. The number of nitrogen functional groups attached to an aromatic ring is 1. The molecule has 7 heteroatoms. The first-order chi connectivity index (χ1) is 10.1. The number of aromatic nitrogens is 4. The largest absolute Gasteiger partial charge is 0.394 e. The molecule has 0 aromatic carbocycles. The molecule has 0 atom stereocenters. The Kier molecular flexibility index (Phi) is 3.40. The number of hydrogen-bond acceptors (Lipinski definition) is 6. The smallest absolute Gasteiger partial charge is 0.150 e. The van der Waals surface area contributed by atoms with Gasteiger partial charge in [0.05, 0.1) is 11.4 Å². The van der Waals surface area contributed by atoms with E-state index in [1.165, 1.54) is 0 Å². The highest BCUT2D eigenvalue weighted by molar-refractivity contribution is 5.66. The lowest BCUT2D eigenvalue weighted by molar-refractivity contribution is 0.619. The van der Waals surface area contributed by atoms with Crippen molar-refractivity contribution in [2.45, 2.75) is 13.8 Å². The molecule has 1 saturated heterocycles. The fraction of sp³-hybridized carbons (Fsp3) is 0.500. The average Bonchev–Trinajstić information content (AvgIpc) is 2.72. The molecule has 21 heavy (non-hydrogen) atoms. The lowest BCUT2D eigenvalue weighted by Crippen LogP contribution is -2.47. The van der Waals surface area contributed by atoms with Crippen molar-refractivity contribution >= 4 is 17.3 Å². The Bertz CT molecular complexity index is 641. The maximum atomic E-state index is 6.14. The van der Waals surface area contributed by atoms with Crippen molar-refractivity contribution in [2.24, 2.45) is 7.05 Å². The first-order valence-corrected chi connectivity index (χ1v) is 7.14. The van der Waals surface area contributed by atoms with Gasteiger partial charge in [0.2, 0.25) is 0 Å². The number of hydrogen-bond donors (Lipinski definition) is 1. The zero-order valence-electron chi connectivity index (χ0n) is 12.7. The monoisotopic (exact) mass is 287 g/mol. The Hall–Kier alpha value is -2.31. The molecule has 2 aromatic heterocycles. The van der Waals surface area contributed by atoms with Crippen LogP contribution in [0.15, 0.2) is 12.4 Å². The molecule has 7 nitrogen and oxygen atoms in total. The second-order valence-electron chi connectivity index (χ2n) is 5.44. The summed E-state index contributed by atoms with van der Waals surface area (Å²) in [4.78, 5) is 13.1. The molecule has 112 valence electrons. The molecule has 2 N–H and O–H groups in total. The molecule has 0 aliphatic carbocycles. The summed E-state index contributed by atoms with van der Waals surface area (Å²) >= 11 is 0. The molecular weight excluding hydrogens is 266 g/mol. The van der Waals surface area contributed by atoms with E-state index >= 15 is 0 Å². The van der Waals surface area contributed by atoms with E-state index in [9.17, 15) is 0 Å². The number of rotatable bonds is 2. The van der Waals surface area contributed by atoms with Gasteiger partial charge in [-0.15, -0.1) is 0 Å². The number of anilines is 3. The van der Waals surface area contributed by atoms with Crippen LogP contribution in [0.2, 0.25) is 0 Å². The van der Waals surface area contributed by atoms with Crippen LogP contribution in [0.25, 0.3) is 0 Å². The van der Waals surface area contributed by atoms with Crippen LogP contribution < -0.4 is 15.5 Å².